The van der Waals surface area contributed by atoms with Crippen molar-refractivity contribution in [1.29, 1.82) is 0 Å². The Balaban J connectivity index is 0.000000238. The van der Waals surface area contributed by atoms with E-state index in [9.17, 15) is 4.79 Å². The third-order valence-electron chi connectivity index (χ3n) is 5.91. The van der Waals surface area contributed by atoms with E-state index in [1.165, 1.54) is 12.8 Å². The van der Waals surface area contributed by atoms with Crippen LogP contribution in [0.25, 0.3) is 0 Å². The van der Waals surface area contributed by atoms with Gasteiger partial charge in [0.2, 0.25) is 0 Å². The SMILES string of the molecule is CC=C1CC(CC)C1(C)C.COC=C1CC(C(=O)OO)C1(C)C. The first-order valence-corrected chi connectivity index (χ1v) is 8.39. The average Bonchev–Trinajstić information content (AvgIpc) is 2.50. The molecule has 132 valence electrons. The van der Waals surface area contributed by atoms with Crippen LogP contribution >= 0.6 is 0 Å². The maximum Gasteiger partial charge on any atom is 0.346 e. The molecule has 4 heteroatoms. The Labute approximate surface area is 140 Å². The summed E-state index contributed by atoms with van der Waals surface area (Å²) in [7, 11) is 1.57. The van der Waals surface area contributed by atoms with Crippen LogP contribution in [0.2, 0.25) is 0 Å². The highest BCUT2D eigenvalue weighted by atomic mass is 17.1. The summed E-state index contributed by atoms with van der Waals surface area (Å²) in [5, 5.41) is 8.22. The van der Waals surface area contributed by atoms with E-state index in [4.69, 9.17) is 9.99 Å². The lowest BCUT2D eigenvalue weighted by Gasteiger charge is -2.47. The largest absolute Gasteiger partial charge is 0.504 e. The lowest BCUT2D eigenvalue weighted by atomic mass is 9.58. The highest BCUT2D eigenvalue weighted by Gasteiger charge is 2.49. The second-order valence-corrected chi connectivity index (χ2v) is 7.61. The van der Waals surface area contributed by atoms with Gasteiger partial charge in [0.1, 0.15) is 0 Å². The van der Waals surface area contributed by atoms with Crippen molar-refractivity contribution in [2.75, 3.05) is 7.11 Å². The zero-order chi connectivity index (χ0) is 17.8. The highest BCUT2D eigenvalue weighted by molar-refractivity contribution is 5.76. The Morgan fingerprint density at radius 3 is 2.17 bits per heavy atom. The quantitative estimate of drug-likeness (QED) is 0.345. The maximum absolute atomic E-state index is 11.0. The van der Waals surface area contributed by atoms with Crippen molar-refractivity contribution < 1.29 is 19.7 Å². The van der Waals surface area contributed by atoms with Crippen LogP contribution in [0, 0.1) is 22.7 Å². The fourth-order valence-corrected chi connectivity index (χ4v) is 3.67. The molecule has 0 heterocycles. The molecule has 2 atom stereocenters. The lowest BCUT2D eigenvalue weighted by molar-refractivity contribution is -0.244. The van der Waals surface area contributed by atoms with Crippen LogP contribution in [0.3, 0.4) is 0 Å². The monoisotopic (exact) mass is 324 g/mol. The minimum atomic E-state index is -0.571. The molecule has 0 aromatic rings. The first kappa shape index (κ1) is 19.8. The number of carbonyl (C=O) groups excluding carboxylic acids is 1. The van der Waals surface area contributed by atoms with Gasteiger partial charge < -0.3 is 9.62 Å². The summed E-state index contributed by atoms with van der Waals surface area (Å²) in [4.78, 5) is 14.7. The predicted octanol–water partition coefficient (Wildman–Crippen LogP) is 4.97. The van der Waals surface area contributed by atoms with Crippen molar-refractivity contribution in [3.8, 4) is 0 Å². The molecule has 2 fully saturated rings. The number of rotatable bonds is 3. The van der Waals surface area contributed by atoms with Crippen molar-refractivity contribution in [3.05, 3.63) is 23.5 Å². The number of carbonyl (C=O) groups is 1. The van der Waals surface area contributed by atoms with E-state index in [0.29, 0.717) is 11.8 Å². The van der Waals surface area contributed by atoms with Gasteiger partial charge in [-0.1, -0.05) is 52.7 Å². The molecule has 0 bridgehead atoms. The molecule has 0 radical (unpaired) electrons. The lowest BCUT2D eigenvalue weighted by Crippen LogP contribution is -2.43. The van der Waals surface area contributed by atoms with Crippen molar-refractivity contribution in [2.24, 2.45) is 22.7 Å². The van der Waals surface area contributed by atoms with E-state index in [2.05, 4.69) is 38.7 Å². The molecule has 0 aliphatic heterocycles. The molecule has 2 unspecified atom stereocenters. The van der Waals surface area contributed by atoms with Crippen LogP contribution in [-0.4, -0.2) is 18.3 Å². The molecule has 0 amide bonds. The zero-order valence-electron chi connectivity index (χ0n) is 15.6. The van der Waals surface area contributed by atoms with Gasteiger partial charge in [0, 0.05) is 5.41 Å². The topological polar surface area (TPSA) is 55.8 Å². The summed E-state index contributed by atoms with van der Waals surface area (Å²) >= 11 is 0. The summed E-state index contributed by atoms with van der Waals surface area (Å²) in [6.07, 6.45) is 7.21. The number of hydrogen-bond acceptors (Lipinski definition) is 4. The molecule has 4 nitrogen and oxygen atoms in total. The van der Waals surface area contributed by atoms with Gasteiger partial charge in [-0.3, -0.25) is 0 Å². The minimum absolute atomic E-state index is 0.265. The van der Waals surface area contributed by atoms with Crippen molar-refractivity contribution in [1.82, 2.24) is 0 Å². The maximum atomic E-state index is 11.0. The Kier molecular flexibility index (Phi) is 6.46. The molecule has 1 N–H and O–H groups in total. The van der Waals surface area contributed by atoms with Gasteiger partial charge in [0.25, 0.3) is 0 Å². The highest BCUT2D eigenvalue weighted by Crippen LogP contribution is 2.52. The van der Waals surface area contributed by atoms with E-state index in [1.54, 1.807) is 18.9 Å². The Hall–Kier alpha value is -1.29. The fourth-order valence-electron chi connectivity index (χ4n) is 3.67. The van der Waals surface area contributed by atoms with E-state index in [-0.39, 0.29) is 11.3 Å². The summed E-state index contributed by atoms with van der Waals surface area (Å²) in [6, 6.07) is 0. The van der Waals surface area contributed by atoms with Gasteiger partial charge >= 0.3 is 5.97 Å². The predicted molar refractivity (Wildman–Crippen MR) is 91.6 cm³/mol. The molecule has 0 saturated heterocycles. The van der Waals surface area contributed by atoms with Crippen molar-refractivity contribution >= 4 is 5.97 Å². The molecule has 23 heavy (non-hydrogen) atoms. The van der Waals surface area contributed by atoms with Crippen LogP contribution in [0.4, 0.5) is 0 Å². The molecular weight excluding hydrogens is 292 g/mol. The van der Waals surface area contributed by atoms with Crippen LogP contribution < -0.4 is 0 Å². The number of methoxy groups -OCH3 is 1. The average molecular weight is 324 g/mol. The Morgan fingerprint density at radius 2 is 1.83 bits per heavy atom. The smallest absolute Gasteiger partial charge is 0.346 e. The van der Waals surface area contributed by atoms with Crippen LogP contribution in [-0.2, 0) is 14.4 Å². The summed E-state index contributed by atoms with van der Waals surface area (Å²) < 4.78 is 4.87. The molecular formula is C19H32O4. The fraction of sp³-hybridized carbons (Fsp3) is 0.737. The van der Waals surface area contributed by atoms with Gasteiger partial charge in [0.15, 0.2) is 0 Å². The second-order valence-electron chi connectivity index (χ2n) is 7.61. The molecule has 2 aliphatic carbocycles. The van der Waals surface area contributed by atoms with Crippen LogP contribution in [0.5, 0.6) is 0 Å². The van der Waals surface area contributed by atoms with Gasteiger partial charge in [0.05, 0.1) is 19.3 Å². The van der Waals surface area contributed by atoms with E-state index < -0.39 is 5.97 Å². The van der Waals surface area contributed by atoms with Crippen LogP contribution in [0.15, 0.2) is 23.5 Å². The van der Waals surface area contributed by atoms with E-state index in [0.717, 1.165) is 11.5 Å². The Morgan fingerprint density at radius 1 is 1.22 bits per heavy atom. The molecule has 2 saturated carbocycles. The second kappa shape index (κ2) is 7.52. The summed E-state index contributed by atoms with van der Waals surface area (Å²) in [5.74, 6) is 0.107. The summed E-state index contributed by atoms with van der Waals surface area (Å²) in [6.45, 7) is 13.0. The molecule has 2 rings (SSSR count). The number of ether oxygens (including phenoxy) is 1. The van der Waals surface area contributed by atoms with E-state index in [1.807, 2.05) is 13.8 Å². The van der Waals surface area contributed by atoms with Gasteiger partial charge in [-0.2, -0.15) is 5.26 Å². The molecule has 0 aromatic carbocycles. The normalized spacial score (nSPS) is 30.6. The zero-order valence-corrected chi connectivity index (χ0v) is 15.6. The number of hydrogen-bond donors (Lipinski definition) is 1. The molecule has 0 aromatic heterocycles. The first-order chi connectivity index (χ1) is 10.7. The van der Waals surface area contributed by atoms with Crippen LogP contribution in [0.1, 0.15) is 60.8 Å². The van der Waals surface area contributed by atoms with Crippen molar-refractivity contribution in [3.63, 3.8) is 0 Å². The Bertz CT molecular complexity index is 486. The van der Waals surface area contributed by atoms with Gasteiger partial charge in [-0.15, -0.1) is 0 Å². The first-order valence-electron chi connectivity index (χ1n) is 8.39. The van der Waals surface area contributed by atoms with Crippen molar-refractivity contribution in [2.45, 2.75) is 60.8 Å². The standard InChI is InChI=1S/C10H18.C9H14O4/c1-5-8-7-9(6-2)10(8,3)4;1-9(2)6(5-12-3)4-7(9)8(10)13-11/h5,9H,6-7H2,1-4H3;5,7,11H,4H2,1-3H3. The molecule has 0 spiro atoms. The van der Waals surface area contributed by atoms with E-state index >= 15 is 0 Å². The third kappa shape index (κ3) is 3.79. The third-order valence-corrected chi connectivity index (χ3v) is 5.91. The van der Waals surface area contributed by atoms with Gasteiger partial charge in [-0.25, -0.2) is 4.79 Å². The summed E-state index contributed by atoms with van der Waals surface area (Å²) in [5.41, 5.74) is 2.96. The van der Waals surface area contributed by atoms with Gasteiger partial charge in [-0.05, 0) is 36.7 Å². The number of allylic oxidation sites excluding steroid dienone is 3. The molecule has 2 aliphatic rings. The minimum Gasteiger partial charge on any atom is -0.504 e.